The first-order valence-corrected chi connectivity index (χ1v) is 5.50. The van der Waals surface area contributed by atoms with Gasteiger partial charge in [0.05, 0.1) is 6.10 Å². The van der Waals surface area contributed by atoms with Gasteiger partial charge in [0.2, 0.25) is 0 Å². The van der Waals surface area contributed by atoms with Gasteiger partial charge in [-0.3, -0.25) is 4.90 Å². The van der Waals surface area contributed by atoms with E-state index in [1.165, 1.54) is 6.92 Å². The Labute approximate surface area is 101 Å². The molecule has 6 nitrogen and oxygen atoms in total. The molecular formula is C11H21NO5. The van der Waals surface area contributed by atoms with E-state index in [1.54, 1.807) is 27.7 Å². The maximum absolute atomic E-state index is 11.8. The summed E-state index contributed by atoms with van der Waals surface area (Å²) in [7, 11) is 0. The van der Waals surface area contributed by atoms with Crippen LogP contribution in [0.3, 0.4) is 0 Å². The molecule has 0 aliphatic heterocycles. The average Bonchev–Trinajstić information content (AvgIpc) is 2.08. The number of rotatable bonds is 4. The highest BCUT2D eigenvalue weighted by molar-refractivity contribution is 5.80. The Hall–Kier alpha value is -1.30. The largest absolute Gasteiger partial charge is 0.480 e. The van der Waals surface area contributed by atoms with Crippen LogP contribution in [0.15, 0.2) is 0 Å². The van der Waals surface area contributed by atoms with Gasteiger partial charge in [-0.2, -0.15) is 0 Å². The number of likely N-dealkylation sites (N-methyl/N-ethyl adjacent to an activating group) is 1. The van der Waals surface area contributed by atoms with Crippen LogP contribution in [0.1, 0.15) is 34.6 Å². The number of ether oxygens (including phenoxy) is 1. The Morgan fingerprint density at radius 3 is 2.06 bits per heavy atom. The smallest absolute Gasteiger partial charge is 0.411 e. The van der Waals surface area contributed by atoms with Gasteiger partial charge in [-0.1, -0.05) is 0 Å². The molecule has 0 aromatic rings. The predicted molar refractivity (Wildman–Crippen MR) is 61.7 cm³/mol. The summed E-state index contributed by atoms with van der Waals surface area (Å²) in [6, 6.07) is -1.30. The third-order valence-corrected chi connectivity index (χ3v) is 2.01. The predicted octanol–water partition coefficient (Wildman–Crippen LogP) is 1.08. The molecule has 0 aromatic heterocycles. The van der Waals surface area contributed by atoms with Crippen molar-refractivity contribution in [2.75, 3.05) is 6.54 Å². The van der Waals surface area contributed by atoms with E-state index in [0.717, 1.165) is 4.90 Å². The fourth-order valence-corrected chi connectivity index (χ4v) is 1.36. The molecule has 17 heavy (non-hydrogen) atoms. The first-order chi connectivity index (χ1) is 7.60. The Morgan fingerprint density at radius 2 is 1.82 bits per heavy atom. The Bertz CT molecular complexity index is 282. The van der Waals surface area contributed by atoms with Crippen LogP contribution >= 0.6 is 0 Å². The van der Waals surface area contributed by atoms with Gasteiger partial charge in [0.1, 0.15) is 5.60 Å². The van der Waals surface area contributed by atoms with Gasteiger partial charge in [0, 0.05) is 6.54 Å². The quantitative estimate of drug-likeness (QED) is 0.776. The number of aliphatic carboxylic acids is 1. The number of amides is 1. The SMILES string of the molecule is CCN(C(=O)OC(C)(C)C)[C@H](C(=O)O)[C@@H](C)O. The van der Waals surface area contributed by atoms with Gasteiger partial charge >= 0.3 is 12.1 Å². The minimum absolute atomic E-state index is 0.150. The van der Waals surface area contributed by atoms with Crippen LogP contribution < -0.4 is 0 Å². The molecule has 0 radical (unpaired) electrons. The highest BCUT2D eigenvalue weighted by Gasteiger charge is 2.35. The fourth-order valence-electron chi connectivity index (χ4n) is 1.36. The molecule has 0 saturated heterocycles. The number of carboxylic acids is 1. The van der Waals surface area contributed by atoms with Crippen molar-refractivity contribution < 1.29 is 24.5 Å². The van der Waals surface area contributed by atoms with E-state index in [-0.39, 0.29) is 6.54 Å². The van der Waals surface area contributed by atoms with Gasteiger partial charge < -0.3 is 14.9 Å². The molecular weight excluding hydrogens is 226 g/mol. The second-order valence-corrected chi connectivity index (χ2v) is 4.79. The summed E-state index contributed by atoms with van der Waals surface area (Å²) in [5, 5.41) is 18.4. The van der Waals surface area contributed by atoms with Crippen molar-refractivity contribution in [3.05, 3.63) is 0 Å². The molecule has 100 valence electrons. The first-order valence-electron chi connectivity index (χ1n) is 5.50. The highest BCUT2D eigenvalue weighted by atomic mass is 16.6. The fraction of sp³-hybridized carbons (Fsp3) is 0.818. The molecule has 0 saturated carbocycles. The number of carbonyl (C=O) groups is 2. The van der Waals surface area contributed by atoms with Crippen molar-refractivity contribution in [3.8, 4) is 0 Å². The van der Waals surface area contributed by atoms with E-state index in [0.29, 0.717) is 0 Å². The molecule has 0 heterocycles. The summed E-state index contributed by atoms with van der Waals surface area (Å²) in [5.74, 6) is -1.26. The number of nitrogens with zero attached hydrogens (tertiary/aromatic N) is 1. The Balaban J connectivity index is 4.92. The zero-order valence-electron chi connectivity index (χ0n) is 10.9. The van der Waals surface area contributed by atoms with Crippen LogP contribution in [0, 0.1) is 0 Å². The maximum atomic E-state index is 11.8. The lowest BCUT2D eigenvalue weighted by Gasteiger charge is -2.31. The molecule has 6 heteroatoms. The van der Waals surface area contributed by atoms with Crippen LogP contribution in [0.5, 0.6) is 0 Å². The molecule has 2 atom stereocenters. The minimum Gasteiger partial charge on any atom is -0.480 e. The van der Waals surface area contributed by atoms with E-state index in [1.807, 2.05) is 0 Å². The molecule has 0 aromatic carbocycles. The van der Waals surface area contributed by atoms with Crippen molar-refractivity contribution >= 4 is 12.1 Å². The average molecular weight is 247 g/mol. The third kappa shape index (κ3) is 5.04. The molecule has 0 bridgehead atoms. The van der Waals surface area contributed by atoms with Crippen LogP contribution in [-0.2, 0) is 9.53 Å². The molecule has 0 aliphatic rings. The zero-order chi connectivity index (χ0) is 13.8. The molecule has 0 fully saturated rings. The lowest BCUT2D eigenvalue weighted by atomic mass is 10.1. The lowest BCUT2D eigenvalue weighted by Crippen LogP contribution is -2.52. The summed E-state index contributed by atoms with van der Waals surface area (Å²) in [4.78, 5) is 23.8. The van der Waals surface area contributed by atoms with Gasteiger partial charge in [-0.25, -0.2) is 9.59 Å². The minimum atomic E-state index is -1.30. The summed E-state index contributed by atoms with van der Waals surface area (Å²) in [6.07, 6.45) is -1.91. The first kappa shape index (κ1) is 15.7. The molecule has 0 rings (SSSR count). The van der Waals surface area contributed by atoms with Crippen molar-refractivity contribution in [1.29, 1.82) is 0 Å². The van der Waals surface area contributed by atoms with Gasteiger partial charge in [-0.15, -0.1) is 0 Å². The van der Waals surface area contributed by atoms with Crippen molar-refractivity contribution in [2.45, 2.75) is 52.4 Å². The number of aliphatic hydroxyl groups is 1. The molecule has 1 amide bonds. The highest BCUT2D eigenvalue weighted by Crippen LogP contribution is 2.13. The summed E-state index contributed by atoms with van der Waals surface area (Å²) in [6.45, 7) is 8.18. The van der Waals surface area contributed by atoms with Crippen LogP contribution in [0.2, 0.25) is 0 Å². The summed E-state index contributed by atoms with van der Waals surface area (Å²) < 4.78 is 5.08. The number of carbonyl (C=O) groups excluding carboxylic acids is 1. The van der Waals surface area contributed by atoms with E-state index in [9.17, 15) is 14.7 Å². The van der Waals surface area contributed by atoms with Crippen LogP contribution in [0.4, 0.5) is 4.79 Å². The maximum Gasteiger partial charge on any atom is 0.411 e. The lowest BCUT2D eigenvalue weighted by molar-refractivity contribution is -0.147. The van der Waals surface area contributed by atoms with Crippen molar-refractivity contribution in [3.63, 3.8) is 0 Å². The van der Waals surface area contributed by atoms with Crippen molar-refractivity contribution in [2.24, 2.45) is 0 Å². The molecule has 0 spiro atoms. The number of carboxylic acid groups (broad SMARTS) is 1. The second kappa shape index (κ2) is 5.86. The van der Waals surface area contributed by atoms with Gasteiger partial charge in [0.15, 0.2) is 6.04 Å². The van der Waals surface area contributed by atoms with Crippen LogP contribution in [-0.4, -0.2) is 51.5 Å². The van der Waals surface area contributed by atoms with E-state index in [4.69, 9.17) is 9.84 Å². The topological polar surface area (TPSA) is 87.1 Å². The number of aliphatic hydroxyl groups excluding tert-OH is 1. The summed E-state index contributed by atoms with van der Waals surface area (Å²) >= 11 is 0. The normalized spacial score (nSPS) is 14.9. The number of hydrogen-bond donors (Lipinski definition) is 2. The second-order valence-electron chi connectivity index (χ2n) is 4.79. The van der Waals surface area contributed by atoms with Gasteiger partial charge in [-0.05, 0) is 34.6 Å². The Kier molecular flexibility index (Phi) is 5.41. The third-order valence-electron chi connectivity index (χ3n) is 2.01. The van der Waals surface area contributed by atoms with Crippen LogP contribution in [0.25, 0.3) is 0 Å². The number of hydrogen-bond acceptors (Lipinski definition) is 4. The summed E-state index contributed by atoms with van der Waals surface area (Å²) in [5.41, 5.74) is -0.702. The molecule has 2 N–H and O–H groups in total. The van der Waals surface area contributed by atoms with Gasteiger partial charge in [0.25, 0.3) is 0 Å². The van der Waals surface area contributed by atoms with E-state index in [2.05, 4.69) is 0 Å². The molecule has 0 unspecified atom stereocenters. The van der Waals surface area contributed by atoms with Crippen molar-refractivity contribution in [1.82, 2.24) is 4.90 Å². The molecule has 0 aliphatic carbocycles. The zero-order valence-corrected chi connectivity index (χ0v) is 10.9. The van der Waals surface area contributed by atoms with E-state index < -0.39 is 29.8 Å². The monoisotopic (exact) mass is 247 g/mol. The standard InChI is InChI=1S/C11H21NO5/c1-6-12(8(7(2)13)9(14)15)10(16)17-11(3,4)5/h7-8,13H,6H2,1-5H3,(H,14,15)/t7-,8+/m1/s1. The van der Waals surface area contributed by atoms with E-state index >= 15 is 0 Å². The Morgan fingerprint density at radius 1 is 1.35 bits per heavy atom.